The zero-order chi connectivity index (χ0) is 24.3. The molecule has 0 amide bonds. The van der Waals surface area contributed by atoms with E-state index in [1.165, 1.54) is 18.2 Å². The molecule has 32 heavy (non-hydrogen) atoms. The number of carbonyl (C=O) groups excluding carboxylic acids is 2. The van der Waals surface area contributed by atoms with Crippen LogP contribution in [-0.4, -0.2) is 24.3 Å². The van der Waals surface area contributed by atoms with E-state index in [0.29, 0.717) is 18.2 Å². The molecule has 1 atom stereocenters. The summed E-state index contributed by atoms with van der Waals surface area (Å²) < 4.78 is 99.9. The second-order valence-corrected chi connectivity index (χ2v) is 10.1. The lowest BCUT2D eigenvalue weighted by molar-refractivity contribution is -0.144. The zero-order valence-corrected chi connectivity index (χ0v) is 17.9. The first kappa shape index (κ1) is 25.6. The zero-order valence-electron chi connectivity index (χ0n) is 17.0. The van der Waals surface area contributed by atoms with Gasteiger partial charge in [-0.3, -0.25) is 9.59 Å². The van der Waals surface area contributed by atoms with Crippen LogP contribution in [0.1, 0.15) is 35.3 Å². The van der Waals surface area contributed by atoms with Gasteiger partial charge in [-0.15, -0.1) is 0 Å². The Morgan fingerprint density at radius 2 is 1.38 bits per heavy atom. The van der Waals surface area contributed by atoms with Crippen molar-refractivity contribution < 1.29 is 45.2 Å². The summed E-state index contributed by atoms with van der Waals surface area (Å²) >= 11 is 0. The number of esters is 1. The van der Waals surface area contributed by atoms with E-state index in [1.807, 2.05) is 0 Å². The molecule has 2 rings (SSSR count). The number of hydrogen-bond donors (Lipinski definition) is 0. The third-order valence-corrected chi connectivity index (χ3v) is 7.04. The van der Waals surface area contributed by atoms with E-state index < -0.39 is 53.8 Å². The minimum absolute atomic E-state index is 0.130. The van der Waals surface area contributed by atoms with Gasteiger partial charge in [-0.05, 0) is 18.1 Å². The number of ether oxygens (including phenoxy) is 1. The summed E-state index contributed by atoms with van der Waals surface area (Å²) in [6.45, 7) is 3.24. The highest BCUT2D eigenvalue weighted by Crippen LogP contribution is 2.52. The normalized spacial score (nSPS) is 14.2. The van der Waals surface area contributed by atoms with Gasteiger partial charge in [0.1, 0.15) is 6.16 Å². The summed E-state index contributed by atoms with van der Waals surface area (Å²) in [5, 5.41) is -0.350. The van der Waals surface area contributed by atoms with Crippen LogP contribution in [0.25, 0.3) is 0 Å². The van der Waals surface area contributed by atoms with Gasteiger partial charge in [0.2, 0.25) is 5.52 Å². The Morgan fingerprint density at radius 3 is 1.81 bits per heavy atom. The molecule has 0 aliphatic heterocycles. The Kier molecular flexibility index (Phi) is 7.60. The first-order valence-electron chi connectivity index (χ1n) is 9.30. The molecule has 0 spiro atoms. The Balaban J connectivity index is 2.73. The lowest BCUT2D eigenvalue weighted by Crippen LogP contribution is -2.26. The smallest absolute Gasteiger partial charge is 0.417 e. The largest absolute Gasteiger partial charge is 0.465 e. The van der Waals surface area contributed by atoms with Crippen LogP contribution < -0.4 is 5.30 Å². The molecule has 2 aromatic carbocycles. The molecular formula is C21H19F6O4P. The van der Waals surface area contributed by atoms with E-state index in [1.54, 1.807) is 13.8 Å². The second-order valence-electron chi connectivity index (χ2n) is 7.34. The fourth-order valence-electron chi connectivity index (χ4n) is 2.87. The van der Waals surface area contributed by atoms with Crippen LogP contribution in [0.5, 0.6) is 0 Å². The Hall–Kier alpha value is -2.61. The molecule has 174 valence electrons. The van der Waals surface area contributed by atoms with Gasteiger partial charge in [-0.25, -0.2) is 0 Å². The van der Waals surface area contributed by atoms with Gasteiger partial charge >= 0.3 is 18.3 Å². The third-order valence-electron chi connectivity index (χ3n) is 4.32. The highest BCUT2D eigenvalue weighted by Gasteiger charge is 2.48. The quantitative estimate of drug-likeness (QED) is 0.288. The van der Waals surface area contributed by atoms with E-state index in [-0.39, 0.29) is 17.8 Å². The maximum Gasteiger partial charge on any atom is 0.417 e. The van der Waals surface area contributed by atoms with Gasteiger partial charge in [0.15, 0.2) is 7.14 Å². The maximum atomic E-state index is 13.7. The summed E-state index contributed by atoms with van der Waals surface area (Å²) in [4.78, 5) is 25.4. The van der Waals surface area contributed by atoms with Crippen molar-refractivity contribution in [1.82, 2.24) is 0 Å². The van der Waals surface area contributed by atoms with E-state index in [2.05, 4.69) is 0 Å². The highest BCUT2D eigenvalue weighted by atomic mass is 31.2. The van der Waals surface area contributed by atoms with Crippen molar-refractivity contribution in [3.8, 4) is 0 Å². The highest BCUT2D eigenvalue weighted by molar-refractivity contribution is 7.88. The molecule has 0 saturated carbocycles. The van der Waals surface area contributed by atoms with Gasteiger partial charge in [-0.2, -0.15) is 26.3 Å². The summed E-state index contributed by atoms with van der Waals surface area (Å²) in [6, 6.07) is 7.37. The molecule has 0 aliphatic rings. The number of hydrogen-bond acceptors (Lipinski definition) is 4. The van der Waals surface area contributed by atoms with Crippen LogP contribution in [-0.2, 0) is 26.4 Å². The number of carbonyl (C=O) groups is 2. The van der Waals surface area contributed by atoms with Crippen molar-refractivity contribution in [3.63, 3.8) is 0 Å². The SMILES string of the molecule is CC(C)COC(=O)CP(=O)(C(=O)c1c(C(F)(F)F)cccc1C(F)(F)F)c1ccccc1. The standard InChI is InChI=1S/C21H19F6O4P/c1-13(2)11-31-17(28)12-32(30,14-7-4-3-5-8-14)19(29)18-15(20(22,23)24)9-6-10-16(18)21(25,26)27/h3-10,13H,11-12H2,1-2H3. The maximum absolute atomic E-state index is 13.7. The molecule has 0 radical (unpaired) electrons. The van der Waals surface area contributed by atoms with Crippen LogP contribution in [0.3, 0.4) is 0 Å². The first-order valence-corrected chi connectivity index (χ1v) is 11.2. The second kappa shape index (κ2) is 9.48. The topological polar surface area (TPSA) is 60.4 Å². The van der Waals surface area contributed by atoms with Crippen molar-refractivity contribution in [1.29, 1.82) is 0 Å². The average Bonchev–Trinajstić information content (AvgIpc) is 2.70. The Bertz CT molecular complexity index is 997. The Labute approximate surface area is 179 Å². The van der Waals surface area contributed by atoms with Crippen LogP contribution in [0, 0.1) is 5.92 Å². The fraction of sp³-hybridized carbons (Fsp3) is 0.333. The predicted molar refractivity (Wildman–Crippen MR) is 105 cm³/mol. The molecule has 11 heteroatoms. The van der Waals surface area contributed by atoms with E-state index in [9.17, 15) is 40.5 Å². The van der Waals surface area contributed by atoms with Gasteiger partial charge in [0.25, 0.3) is 0 Å². The van der Waals surface area contributed by atoms with Crippen molar-refractivity contribution in [3.05, 3.63) is 65.2 Å². The molecule has 0 N–H and O–H groups in total. The number of rotatable bonds is 7. The lowest BCUT2D eigenvalue weighted by atomic mass is 10.0. The van der Waals surface area contributed by atoms with Gasteiger partial charge in [0.05, 0.1) is 23.3 Å². The summed E-state index contributed by atoms with van der Waals surface area (Å²) in [5.74, 6) is -1.31. The van der Waals surface area contributed by atoms with Crippen LogP contribution in [0.15, 0.2) is 48.5 Å². The van der Waals surface area contributed by atoms with Crippen molar-refractivity contribution in [2.24, 2.45) is 5.92 Å². The molecular weight excluding hydrogens is 461 g/mol. The van der Waals surface area contributed by atoms with Crippen LogP contribution >= 0.6 is 7.14 Å². The Morgan fingerprint density at radius 1 is 0.875 bits per heavy atom. The van der Waals surface area contributed by atoms with Gasteiger partial charge < -0.3 is 9.30 Å². The molecule has 0 bridgehead atoms. The monoisotopic (exact) mass is 480 g/mol. The molecule has 1 unspecified atom stereocenters. The molecule has 4 nitrogen and oxygen atoms in total. The van der Waals surface area contributed by atoms with Crippen LogP contribution in [0.4, 0.5) is 26.3 Å². The summed E-state index contributed by atoms with van der Waals surface area (Å²) in [6.07, 6.45) is -11.9. The van der Waals surface area contributed by atoms with Gasteiger partial charge in [-0.1, -0.05) is 50.2 Å². The molecule has 2 aromatic rings. The van der Waals surface area contributed by atoms with E-state index in [4.69, 9.17) is 4.74 Å². The van der Waals surface area contributed by atoms with E-state index >= 15 is 0 Å². The summed E-state index contributed by atoms with van der Waals surface area (Å²) in [7, 11) is -4.81. The number of halogens is 6. The molecule has 0 saturated heterocycles. The molecule has 0 heterocycles. The first-order chi connectivity index (χ1) is 14.7. The summed E-state index contributed by atoms with van der Waals surface area (Å²) in [5.41, 5.74) is -7.46. The van der Waals surface area contributed by atoms with Crippen molar-refractivity contribution in [2.75, 3.05) is 12.8 Å². The number of alkyl halides is 6. The van der Waals surface area contributed by atoms with Gasteiger partial charge in [0, 0.05) is 5.30 Å². The minimum atomic E-state index is -5.34. The molecule has 0 aromatic heterocycles. The fourth-order valence-corrected chi connectivity index (χ4v) is 5.14. The number of benzene rings is 2. The average molecular weight is 480 g/mol. The molecule has 0 aliphatic carbocycles. The molecule has 0 fully saturated rings. The van der Waals surface area contributed by atoms with Crippen LogP contribution in [0.2, 0.25) is 0 Å². The minimum Gasteiger partial charge on any atom is -0.465 e. The lowest BCUT2D eigenvalue weighted by Gasteiger charge is -2.22. The van der Waals surface area contributed by atoms with Crippen molar-refractivity contribution >= 4 is 23.9 Å². The van der Waals surface area contributed by atoms with Crippen molar-refractivity contribution in [2.45, 2.75) is 26.2 Å². The predicted octanol–water partition coefficient (Wildman–Crippen LogP) is 5.75. The van der Waals surface area contributed by atoms with E-state index in [0.717, 1.165) is 12.1 Å². The third kappa shape index (κ3) is 5.79.